The average molecular weight is 358 g/mol. The van der Waals surface area contributed by atoms with Crippen LogP contribution in [0.5, 0.6) is 0 Å². The van der Waals surface area contributed by atoms with Crippen molar-refractivity contribution in [2.75, 3.05) is 7.05 Å². The van der Waals surface area contributed by atoms with Crippen molar-refractivity contribution in [1.82, 2.24) is 10.6 Å². The fraction of sp³-hybridized carbons (Fsp3) is 0.429. The number of urea groups is 1. The van der Waals surface area contributed by atoms with Crippen LogP contribution in [0.4, 0.5) is 4.79 Å². The Morgan fingerprint density at radius 3 is 2.50 bits per heavy atom. The zero-order chi connectivity index (χ0) is 19.7. The maximum absolute atomic E-state index is 11.8. The van der Waals surface area contributed by atoms with Crippen molar-refractivity contribution >= 4 is 12.0 Å². The molecule has 0 unspecified atom stereocenters. The number of hydrogen-bond acceptors (Lipinski definition) is 2. The minimum absolute atomic E-state index is 0.177. The van der Waals surface area contributed by atoms with Gasteiger partial charge >= 0.3 is 12.0 Å². The molecule has 0 aromatic carbocycles. The second kappa shape index (κ2) is 9.80. The maximum Gasteiger partial charge on any atom is 0.328 e. The van der Waals surface area contributed by atoms with Gasteiger partial charge in [-0.05, 0) is 58.1 Å². The second-order valence-corrected chi connectivity index (χ2v) is 6.91. The standard InChI is InChI=1S/C21H30N2O3/c1-15(8-6-9-16(2)14-19(24)25)11-12-18-17(3)10-7-13-21(18,4)23-20(26)22-5/h6,8-9,11-12,14H,7,10,13H2,1-5H3,(H,24,25)(H2,22,23,26)/b9-6+,12-11+,15-8+,16-14+/t21-/m1/s1. The van der Waals surface area contributed by atoms with Gasteiger partial charge in [0.25, 0.3) is 0 Å². The van der Waals surface area contributed by atoms with E-state index >= 15 is 0 Å². The van der Waals surface area contributed by atoms with Gasteiger partial charge in [0.15, 0.2) is 0 Å². The van der Waals surface area contributed by atoms with Gasteiger partial charge in [0.1, 0.15) is 0 Å². The van der Waals surface area contributed by atoms with Gasteiger partial charge in [-0.25, -0.2) is 9.59 Å². The number of rotatable bonds is 6. The summed E-state index contributed by atoms with van der Waals surface area (Å²) < 4.78 is 0. The number of carbonyl (C=O) groups excluding carboxylic acids is 1. The van der Waals surface area contributed by atoms with Crippen LogP contribution in [0.15, 0.2) is 58.7 Å². The summed E-state index contributed by atoms with van der Waals surface area (Å²) >= 11 is 0. The molecule has 5 nitrogen and oxygen atoms in total. The van der Waals surface area contributed by atoms with E-state index in [-0.39, 0.29) is 11.6 Å². The highest BCUT2D eigenvalue weighted by molar-refractivity contribution is 5.81. The van der Waals surface area contributed by atoms with E-state index < -0.39 is 5.97 Å². The third-order valence-corrected chi connectivity index (χ3v) is 4.48. The molecule has 5 heteroatoms. The molecule has 1 atom stereocenters. The molecule has 1 aliphatic rings. The Labute approximate surface area is 156 Å². The molecule has 0 saturated heterocycles. The van der Waals surface area contributed by atoms with Crippen LogP contribution < -0.4 is 10.6 Å². The Hall–Kier alpha value is -2.56. The van der Waals surface area contributed by atoms with E-state index in [1.807, 2.05) is 25.2 Å². The molecule has 0 spiro atoms. The fourth-order valence-electron chi connectivity index (χ4n) is 3.08. The van der Waals surface area contributed by atoms with Crippen LogP contribution in [-0.2, 0) is 4.79 Å². The second-order valence-electron chi connectivity index (χ2n) is 6.91. The third-order valence-electron chi connectivity index (χ3n) is 4.48. The summed E-state index contributed by atoms with van der Waals surface area (Å²) in [6, 6.07) is -0.177. The quantitative estimate of drug-likeness (QED) is 0.490. The Morgan fingerprint density at radius 2 is 1.88 bits per heavy atom. The minimum Gasteiger partial charge on any atom is -0.478 e. The Morgan fingerprint density at radius 1 is 1.19 bits per heavy atom. The molecule has 1 aliphatic carbocycles. The summed E-state index contributed by atoms with van der Waals surface area (Å²) in [4.78, 5) is 22.4. The van der Waals surface area contributed by atoms with Crippen molar-refractivity contribution in [1.29, 1.82) is 0 Å². The first-order valence-corrected chi connectivity index (χ1v) is 8.82. The van der Waals surface area contributed by atoms with Gasteiger partial charge in [-0.3, -0.25) is 0 Å². The minimum atomic E-state index is -0.949. The number of carbonyl (C=O) groups is 2. The van der Waals surface area contributed by atoms with Crippen LogP contribution in [0.25, 0.3) is 0 Å². The predicted octanol–water partition coefficient (Wildman–Crippen LogP) is 4.26. The van der Waals surface area contributed by atoms with E-state index in [1.54, 1.807) is 20.0 Å². The predicted molar refractivity (Wildman–Crippen MR) is 106 cm³/mol. The van der Waals surface area contributed by atoms with Crippen molar-refractivity contribution in [3.05, 3.63) is 58.7 Å². The summed E-state index contributed by atoms with van der Waals surface area (Å²) in [5, 5.41) is 14.4. The molecule has 0 saturated carbocycles. The van der Waals surface area contributed by atoms with Crippen LogP contribution in [0.3, 0.4) is 0 Å². The van der Waals surface area contributed by atoms with Crippen LogP contribution in [0.2, 0.25) is 0 Å². The molecule has 3 N–H and O–H groups in total. The highest BCUT2D eigenvalue weighted by Gasteiger charge is 2.32. The number of nitrogens with one attached hydrogen (secondary N) is 2. The van der Waals surface area contributed by atoms with Crippen molar-refractivity contribution in [3.63, 3.8) is 0 Å². The zero-order valence-electron chi connectivity index (χ0n) is 16.3. The highest BCUT2D eigenvalue weighted by atomic mass is 16.4. The first-order chi connectivity index (χ1) is 12.2. The normalized spacial score (nSPS) is 22.2. The molecule has 0 aromatic heterocycles. The number of amides is 2. The van der Waals surface area contributed by atoms with Crippen molar-refractivity contribution in [2.24, 2.45) is 0 Å². The molecule has 0 heterocycles. The van der Waals surface area contributed by atoms with E-state index in [4.69, 9.17) is 5.11 Å². The Balaban J connectivity index is 2.94. The maximum atomic E-state index is 11.8. The van der Waals surface area contributed by atoms with Crippen LogP contribution in [-0.4, -0.2) is 29.7 Å². The van der Waals surface area contributed by atoms with E-state index in [0.717, 1.165) is 30.4 Å². The largest absolute Gasteiger partial charge is 0.478 e. The SMILES string of the molecule is CNC(=O)N[C@]1(C)CCCC(C)=C1/C=C/C(C)=C/C=C/C(C)=C/C(=O)O. The van der Waals surface area contributed by atoms with Gasteiger partial charge in [-0.1, -0.05) is 41.5 Å². The summed E-state index contributed by atoms with van der Waals surface area (Å²) in [6.07, 6.45) is 13.8. The molecule has 26 heavy (non-hydrogen) atoms. The molecule has 142 valence electrons. The van der Waals surface area contributed by atoms with Gasteiger partial charge in [0.05, 0.1) is 5.54 Å². The lowest BCUT2D eigenvalue weighted by molar-refractivity contribution is -0.131. The first-order valence-electron chi connectivity index (χ1n) is 8.82. The Kier molecular flexibility index (Phi) is 8.10. The van der Waals surface area contributed by atoms with Crippen LogP contribution >= 0.6 is 0 Å². The van der Waals surface area contributed by atoms with Crippen LogP contribution in [0.1, 0.15) is 47.0 Å². The van der Waals surface area contributed by atoms with E-state index in [2.05, 4.69) is 30.6 Å². The topological polar surface area (TPSA) is 78.4 Å². The lowest BCUT2D eigenvalue weighted by Gasteiger charge is -2.37. The van der Waals surface area contributed by atoms with Gasteiger partial charge in [-0.15, -0.1) is 0 Å². The molecule has 0 radical (unpaired) electrons. The number of allylic oxidation sites excluding steroid dienone is 7. The lowest BCUT2D eigenvalue weighted by atomic mass is 9.77. The number of carboxylic acids is 1. The average Bonchev–Trinajstić information content (AvgIpc) is 2.53. The van der Waals surface area contributed by atoms with Crippen molar-refractivity contribution in [3.8, 4) is 0 Å². The summed E-state index contributed by atoms with van der Waals surface area (Å²) in [5.41, 5.74) is 3.77. The van der Waals surface area contributed by atoms with Gasteiger partial charge < -0.3 is 15.7 Å². The first kappa shape index (κ1) is 21.5. The lowest BCUT2D eigenvalue weighted by Crippen LogP contribution is -2.51. The van der Waals surface area contributed by atoms with E-state index in [0.29, 0.717) is 5.57 Å². The number of aliphatic carboxylic acids is 1. The zero-order valence-corrected chi connectivity index (χ0v) is 16.3. The number of hydrogen-bond donors (Lipinski definition) is 3. The smallest absolute Gasteiger partial charge is 0.328 e. The molecule has 0 aliphatic heterocycles. The molecular weight excluding hydrogens is 328 g/mol. The van der Waals surface area contributed by atoms with Crippen LogP contribution in [0, 0.1) is 0 Å². The van der Waals surface area contributed by atoms with E-state index in [9.17, 15) is 9.59 Å². The van der Waals surface area contributed by atoms with Crippen molar-refractivity contribution in [2.45, 2.75) is 52.5 Å². The summed E-state index contributed by atoms with van der Waals surface area (Å²) in [7, 11) is 1.62. The Bertz CT molecular complexity index is 696. The molecular formula is C21H30N2O3. The summed E-state index contributed by atoms with van der Waals surface area (Å²) in [6.45, 7) is 7.90. The van der Waals surface area contributed by atoms with Gasteiger partial charge in [0.2, 0.25) is 0 Å². The number of carboxylic acid groups (broad SMARTS) is 1. The summed E-state index contributed by atoms with van der Waals surface area (Å²) in [5.74, 6) is -0.949. The molecule has 1 rings (SSSR count). The van der Waals surface area contributed by atoms with E-state index in [1.165, 1.54) is 11.6 Å². The molecule has 2 amide bonds. The highest BCUT2D eigenvalue weighted by Crippen LogP contribution is 2.34. The molecule has 0 bridgehead atoms. The van der Waals surface area contributed by atoms with Gasteiger partial charge in [-0.2, -0.15) is 0 Å². The van der Waals surface area contributed by atoms with Gasteiger partial charge in [0, 0.05) is 13.1 Å². The molecule has 0 aromatic rings. The fourth-order valence-corrected chi connectivity index (χ4v) is 3.08. The van der Waals surface area contributed by atoms with Crippen molar-refractivity contribution < 1.29 is 14.7 Å². The monoisotopic (exact) mass is 358 g/mol. The molecule has 0 fully saturated rings. The third kappa shape index (κ3) is 6.75.